The molecule has 2 rings (SSSR count). The molecule has 2 unspecified atom stereocenters. The first-order valence-corrected chi connectivity index (χ1v) is 6.50. The average Bonchev–Trinajstić information content (AvgIpc) is 2.37. The molecule has 0 spiro atoms. The lowest BCUT2D eigenvalue weighted by atomic mass is 9.90. The van der Waals surface area contributed by atoms with Gasteiger partial charge in [-0.1, -0.05) is 0 Å². The van der Waals surface area contributed by atoms with E-state index < -0.39 is 11.0 Å². The van der Waals surface area contributed by atoms with Crippen molar-refractivity contribution < 1.29 is 19.2 Å². The van der Waals surface area contributed by atoms with E-state index in [9.17, 15) is 14.9 Å². The number of nitro benzene ring substituents is 1. The molecular weight excluding hydrogens is 262 g/mol. The molecule has 0 aliphatic heterocycles. The summed E-state index contributed by atoms with van der Waals surface area (Å²) in [4.78, 5) is 21.9. The number of nitrogens with zero attached hydrogens (tertiary/aromatic N) is 1. The second-order valence-electron chi connectivity index (χ2n) is 4.86. The average molecular weight is 279 g/mol. The van der Waals surface area contributed by atoms with E-state index in [0.29, 0.717) is 17.9 Å². The topological polar surface area (TPSA) is 78.7 Å². The normalized spacial score (nSPS) is 21.4. The number of hydrogen-bond acceptors (Lipinski definition) is 5. The molecule has 0 radical (unpaired) electrons. The van der Waals surface area contributed by atoms with Crippen LogP contribution in [-0.4, -0.2) is 29.5 Å². The van der Waals surface area contributed by atoms with Crippen LogP contribution in [0.25, 0.3) is 0 Å². The highest BCUT2D eigenvalue weighted by molar-refractivity contribution is 5.90. The molecule has 0 amide bonds. The second kappa shape index (κ2) is 5.58. The van der Waals surface area contributed by atoms with E-state index in [1.165, 1.54) is 6.07 Å². The summed E-state index contributed by atoms with van der Waals surface area (Å²) >= 11 is 0. The SMILES string of the molecule is CCOC1C(=O)CC1Oc1cc([N+](=O)[O-])c(C)cc1C. The number of nitro groups is 1. The molecule has 1 saturated carbocycles. The summed E-state index contributed by atoms with van der Waals surface area (Å²) in [5.41, 5.74) is 1.41. The maximum Gasteiger partial charge on any atom is 0.276 e. The van der Waals surface area contributed by atoms with Gasteiger partial charge in [-0.15, -0.1) is 0 Å². The Bertz CT molecular complexity index is 555. The lowest BCUT2D eigenvalue weighted by molar-refractivity contribution is -0.385. The summed E-state index contributed by atoms with van der Waals surface area (Å²) in [6, 6.07) is 3.13. The molecule has 1 fully saturated rings. The zero-order chi connectivity index (χ0) is 14.9. The maximum atomic E-state index is 11.4. The maximum absolute atomic E-state index is 11.4. The van der Waals surface area contributed by atoms with Crippen molar-refractivity contribution in [1.82, 2.24) is 0 Å². The Morgan fingerprint density at radius 2 is 2.05 bits per heavy atom. The van der Waals surface area contributed by atoms with Crippen LogP contribution < -0.4 is 4.74 Å². The zero-order valence-electron chi connectivity index (χ0n) is 11.7. The molecule has 20 heavy (non-hydrogen) atoms. The van der Waals surface area contributed by atoms with Gasteiger partial charge in [0.05, 0.1) is 11.0 Å². The minimum atomic E-state index is -0.556. The van der Waals surface area contributed by atoms with Gasteiger partial charge in [0.25, 0.3) is 5.69 Å². The van der Waals surface area contributed by atoms with Gasteiger partial charge in [0.15, 0.2) is 11.9 Å². The number of ether oxygens (including phenoxy) is 2. The smallest absolute Gasteiger partial charge is 0.276 e. The molecule has 0 bridgehead atoms. The van der Waals surface area contributed by atoms with Gasteiger partial charge in [0.1, 0.15) is 11.9 Å². The highest BCUT2D eigenvalue weighted by Gasteiger charge is 2.42. The largest absolute Gasteiger partial charge is 0.486 e. The van der Waals surface area contributed by atoms with Crippen molar-refractivity contribution in [1.29, 1.82) is 0 Å². The second-order valence-corrected chi connectivity index (χ2v) is 4.86. The van der Waals surface area contributed by atoms with Gasteiger partial charge in [0, 0.05) is 18.6 Å². The Morgan fingerprint density at radius 3 is 2.60 bits per heavy atom. The van der Waals surface area contributed by atoms with Gasteiger partial charge in [-0.3, -0.25) is 14.9 Å². The summed E-state index contributed by atoms with van der Waals surface area (Å²) in [5.74, 6) is 0.445. The van der Waals surface area contributed by atoms with Gasteiger partial charge in [0.2, 0.25) is 0 Å². The summed E-state index contributed by atoms with van der Waals surface area (Å²) in [6.45, 7) is 5.75. The highest BCUT2D eigenvalue weighted by atomic mass is 16.6. The molecule has 0 aromatic heterocycles. The monoisotopic (exact) mass is 279 g/mol. The number of aryl methyl sites for hydroxylation is 2. The molecule has 2 atom stereocenters. The van der Waals surface area contributed by atoms with Gasteiger partial charge < -0.3 is 9.47 Å². The van der Waals surface area contributed by atoms with E-state index in [1.807, 2.05) is 13.8 Å². The molecule has 1 aromatic rings. The molecule has 6 heteroatoms. The lowest BCUT2D eigenvalue weighted by Gasteiger charge is -2.34. The Labute approximate surface area is 116 Å². The number of carbonyl (C=O) groups is 1. The fourth-order valence-corrected chi connectivity index (χ4v) is 2.26. The van der Waals surface area contributed by atoms with Crippen molar-refractivity contribution in [3.63, 3.8) is 0 Å². The molecule has 1 aliphatic carbocycles. The van der Waals surface area contributed by atoms with Gasteiger partial charge in [-0.05, 0) is 32.4 Å². The molecular formula is C14H17NO5. The Hall–Kier alpha value is -1.95. The molecule has 0 saturated heterocycles. The summed E-state index contributed by atoms with van der Waals surface area (Å²) < 4.78 is 11.0. The van der Waals surface area contributed by atoms with Gasteiger partial charge in [-0.25, -0.2) is 0 Å². The van der Waals surface area contributed by atoms with Crippen LogP contribution in [0.3, 0.4) is 0 Å². The molecule has 0 heterocycles. The van der Waals surface area contributed by atoms with E-state index in [2.05, 4.69) is 0 Å². The highest BCUT2D eigenvalue weighted by Crippen LogP contribution is 2.32. The van der Waals surface area contributed by atoms with Crippen LogP contribution >= 0.6 is 0 Å². The number of carbonyl (C=O) groups excluding carboxylic acids is 1. The quantitative estimate of drug-likeness (QED) is 0.610. The van der Waals surface area contributed by atoms with E-state index >= 15 is 0 Å². The molecule has 0 N–H and O–H groups in total. The van der Waals surface area contributed by atoms with Crippen LogP contribution in [0.4, 0.5) is 5.69 Å². The van der Waals surface area contributed by atoms with Crippen LogP contribution in [0.2, 0.25) is 0 Å². The van der Waals surface area contributed by atoms with Gasteiger partial charge >= 0.3 is 0 Å². The summed E-state index contributed by atoms with van der Waals surface area (Å²) in [5, 5.41) is 10.9. The van der Waals surface area contributed by atoms with E-state index in [4.69, 9.17) is 9.47 Å². The third kappa shape index (κ3) is 2.65. The number of Topliss-reactive ketones (excluding diaryl/α,β-unsaturated/α-hetero) is 1. The van der Waals surface area contributed by atoms with Crippen molar-refractivity contribution >= 4 is 11.5 Å². The van der Waals surface area contributed by atoms with E-state index in [0.717, 1.165) is 5.56 Å². The first-order chi connectivity index (χ1) is 9.43. The van der Waals surface area contributed by atoms with Crippen molar-refractivity contribution in [3.8, 4) is 5.75 Å². The molecule has 1 aromatic carbocycles. The zero-order valence-corrected chi connectivity index (χ0v) is 11.7. The number of benzene rings is 1. The van der Waals surface area contributed by atoms with E-state index in [1.54, 1.807) is 13.0 Å². The minimum absolute atomic E-state index is 0.0103. The first kappa shape index (κ1) is 14.5. The first-order valence-electron chi connectivity index (χ1n) is 6.50. The van der Waals surface area contributed by atoms with Crippen LogP contribution in [-0.2, 0) is 9.53 Å². The number of ketones is 1. The molecule has 6 nitrogen and oxygen atoms in total. The summed E-state index contributed by atoms with van der Waals surface area (Å²) in [7, 11) is 0. The van der Waals surface area contributed by atoms with Crippen LogP contribution in [0.15, 0.2) is 12.1 Å². The van der Waals surface area contributed by atoms with E-state index in [-0.39, 0.29) is 24.0 Å². The molecule has 108 valence electrons. The Kier molecular flexibility index (Phi) is 4.04. The van der Waals surface area contributed by atoms with Crippen LogP contribution in [0, 0.1) is 24.0 Å². The van der Waals surface area contributed by atoms with Crippen molar-refractivity contribution in [2.75, 3.05) is 6.61 Å². The van der Waals surface area contributed by atoms with Crippen molar-refractivity contribution in [2.24, 2.45) is 0 Å². The van der Waals surface area contributed by atoms with Crippen LogP contribution in [0.1, 0.15) is 24.5 Å². The van der Waals surface area contributed by atoms with Crippen LogP contribution in [0.5, 0.6) is 5.75 Å². The fourth-order valence-electron chi connectivity index (χ4n) is 2.26. The summed E-state index contributed by atoms with van der Waals surface area (Å²) in [6.07, 6.45) is -0.630. The predicted octanol–water partition coefficient (Wildman–Crippen LogP) is 2.34. The van der Waals surface area contributed by atoms with Crippen molar-refractivity contribution in [2.45, 2.75) is 39.4 Å². The Morgan fingerprint density at radius 1 is 1.35 bits per heavy atom. The third-order valence-corrected chi connectivity index (χ3v) is 3.37. The fraction of sp³-hybridized carbons (Fsp3) is 0.500. The van der Waals surface area contributed by atoms with Crippen molar-refractivity contribution in [3.05, 3.63) is 33.4 Å². The Balaban J connectivity index is 2.19. The van der Waals surface area contributed by atoms with Gasteiger partial charge in [-0.2, -0.15) is 0 Å². The molecule has 1 aliphatic rings. The predicted molar refractivity (Wildman–Crippen MR) is 72.0 cm³/mol. The third-order valence-electron chi connectivity index (χ3n) is 3.37. The number of hydrogen-bond donors (Lipinski definition) is 0. The minimum Gasteiger partial charge on any atom is -0.486 e. The standard InChI is InChI=1S/C14H17NO5/c1-4-19-14-11(16)7-13(14)20-12-6-10(15(17)18)8(2)5-9(12)3/h5-6,13-14H,4,7H2,1-3H3. The number of rotatable bonds is 5. The lowest BCUT2D eigenvalue weighted by Crippen LogP contribution is -2.52.